The molecule has 1 heterocycles. The van der Waals surface area contributed by atoms with Gasteiger partial charge >= 0.3 is 5.97 Å². The van der Waals surface area contributed by atoms with Crippen molar-refractivity contribution in [1.82, 2.24) is 15.5 Å². The number of hydrogen-bond donors (Lipinski definition) is 4. The Kier molecular flexibility index (Phi) is 11.1. The number of ether oxygens (including phenoxy) is 2. The van der Waals surface area contributed by atoms with Crippen molar-refractivity contribution < 1.29 is 34.1 Å². The molecule has 0 aliphatic carbocycles. The molecule has 5 rings (SSSR count). The molecule has 12 heteroatoms. The van der Waals surface area contributed by atoms with E-state index in [1.807, 2.05) is 56.3 Å². The topological polar surface area (TPSA) is 171 Å². The molecule has 0 bridgehead atoms. The number of halogens is 1. The molecule has 0 fully saturated rings. The van der Waals surface area contributed by atoms with Gasteiger partial charge < -0.3 is 29.3 Å². The second-order valence-electron chi connectivity index (χ2n) is 11.0. The number of aliphatic carboxylic acids is 1. The summed E-state index contributed by atoms with van der Waals surface area (Å²) in [6, 6.07) is 23.0. The molecule has 48 heavy (non-hydrogen) atoms. The monoisotopic (exact) mass is 668 g/mol. The zero-order chi connectivity index (χ0) is 34.2. The van der Waals surface area contributed by atoms with Crippen LogP contribution in [0.1, 0.15) is 39.3 Å². The smallest absolute Gasteiger partial charge is 0.323 e. The van der Waals surface area contributed by atoms with Crippen molar-refractivity contribution >= 4 is 17.6 Å². The van der Waals surface area contributed by atoms with Gasteiger partial charge in [-0.3, -0.25) is 10.1 Å². The third-order valence-electron chi connectivity index (χ3n) is 7.88. The van der Waals surface area contributed by atoms with E-state index in [0.29, 0.717) is 33.5 Å². The molecule has 0 spiro atoms. The maximum Gasteiger partial charge on any atom is 0.323 e. The number of rotatable bonds is 14. The molecule has 0 amide bonds. The van der Waals surface area contributed by atoms with Crippen molar-refractivity contribution in [1.29, 1.82) is 5.26 Å². The molecule has 11 nitrogen and oxygen atoms in total. The Bertz CT molecular complexity index is 1970. The third kappa shape index (κ3) is 7.82. The third-order valence-corrected chi connectivity index (χ3v) is 8.18. The Labute approximate surface area is 282 Å². The fraction of sp³-hybridized carbons (Fsp3) is 0.222. The lowest BCUT2D eigenvalue weighted by Gasteiger charge is -2.19. The molecule has 246 valence electrons. The number of aromatic nitrogens is 2. The van der Waals surface area contributed by atoms with Crippen LogP contribution in [0, 0.1) is 25.2 Å². The predicted octanol–water partition coefficient (Wildman–Crippen LogP) is 5.73. The average Bonchev–Trinajstić information content (AvgIpc) is 3.57. The van der Waals surface area contributed by atoms with Gasteiger partial charge in [-0.05, 0) is 65.4 Å². The van der Waals surface area contributed by atoms with Crippen LogP contribution in [0.4, 0.5) is 0 Å². The molecule has 1 atom stereocenters. The normalized spacial score (nSPS) is 11.6. The second kappa shape index (κ2) is 15.6. The van der Waals surface area contributed by atoms with Crippen molar-refractivity contribution in [3.63, 3.8) is 0 Å². The van der Waals surface area contributed by atoms with Crippen LogP contribution < -0.4 is 14.8 Å². The molecule has 0 radical (unpaired) electrons. The van der Waals surface area contributed by atoms with Crippen molar-refractivity contribution in [3.05, 3.63) is 117 Å². The van der Waals surface area contributed by atoms with Gasteiger partial charge in [0.05, 0.1) is 23.3 Å². The number of carboxylic acid groups (broad SMARTS) is 1. The van der Waals surface area contributed by atoms with Gasteiger partial charge in [0.1, 0.15) is 37.4 Å². The van der Waals surface area contributed by atoms with E-state index in [0.717, 1.165) is 38.9 Å². The van der Waals surface area contributed by atoms with Crippen LogP contribution >= 0.6 is 11.6 Å². The van der Waals surface area contributed by atoms with Crippen LogP contribution in [-0.2, 0) is 31.2 Å². The van der Waals surface area contributed by atoms with Gasteiger partial charge in [0.2, 0.25) is 5.82 Å². The van der Waals surface area contributed by atoms with Crippen LogP contribution in [0.5, 0.6) is 11.5 Å². The van der Waals surface area contributed by atoms with E-state index >= 15 is 0 Å². The minimum Gasteiger partial charge on any atom is -0.488 e. The Morgan fingerprint density at radius 3 is 2.35 bits per heavy atom. The van der Waals surface area contributed by atoms with E-state index in [2.05, 4.69) is 21.5 Å². The highest BCUT2D eigenvalue weighted by Gasteiger charge is 2.19. The highest BCUT2D eigenvalue weighted by Crippen LogP contribution is 2.36. The summed E-state index contributed by atoms with van der Waals surface area (Å²) >= 11 is 6.67. The Morgan fingerprint density at radius 2 is 1.65 bits per heavy atom. The first kappa shape index (κ1) is 34.1. The molecular weight excluding hydrogens is 636 g/mol. The van der Waals surface area contributed by atoms with Crippen molar-refractivity contribution in [2.45, 2.75) is 46.3 Å². The molecular formula is C36H33ClN4O7. The summed E-state index contributed by atoms with van der Waals surface area (Å²) in [6.07, 6.45) is 0. The van der Waals surface area contributed by atoms with Crippen LogP contribution in [-0.4, -0.2) is 44.1 Å². The molecule has 1 aromatic heterocycles. The molecule has 0 aliphatic rings. The molecule has 0 unspecified atom stereocenters. The van der Waals surface area contributed by atoms with Gasteiger partial charge in [-0.25, -0.2) is 0 Å². The molecule has 4 N–H and O–H groups in total. The number of nitriles is 1. The van der Waals surface area contributed by atoms with Gasteiger partial charge in [0.25, 0.3) is 5.89 Å². The summed E-state index contributed by atoms with van der Waals surface area (Å²) in [4.78, 5) is 15.7. The van der Waals surface area contributed by atoms with E-state index in [-0.39, 0.29) is 32.3 Å². The Balaban J connectivity index is 1.40. The lowest BCUT2D eigenvalue weighted by molar-refractivity contribution is -0.140. The van der Waals surface area contributed by atoms with Gasteiger partial charge in [-0.2, -0.15) is 10.2 Å². The van der Waals surface area contributed by atoms with Gasteiger partial charge in [-0.15, -0.1) is 0 Å². The zero-order valence-corrected chi connectivity index (χ0v) is 27.0. The van der Waals surface area contributed by atoms with E-state index < -0.39 is 18.6 Å². The van der Waals surface area contributed by atoms with Gasteiger partial charge in [-0.1, -0.05) is 65.3 Å². The highest BCUT2D eigenvalue weighted by atomic mass is 35.5. The largest absolute Gasteiger partial charge is 0.488 e. The van der Waals surface area contributed by atoms with E-state index in [4.69, 9.17) is 25.6 Å². The minimum atomic E-state index is -1.19. The number of carbonyl (C=O) groups is 1. The molecule has 0 aliphatic heterocycles. The zero-order valence-electron chi connectivity index (χ0n) is 26.2. The van der Waals surface area contributed by atoms with Crippen LogP contribution in [0.15, 0.2) is 77.3 Å². The van der Waals surface area contributed by atoms with Crippen LogP contribution in [0.3, 0.4) is 0 Å². The quantitative estimate of drug-likeness (QED) is 0.114. The highest BCUT2D eigenvalue weighted by molar-refractivity contribution is 6.32. The second-order valence-corrected chi connectivity index (χ2v) is 11.4. The maximum atomic E-state index is 11.5. The molecule has 0 saturated heterocycles. The number of nitrogens with zero attached hydrogens (tertiary/aromatic N) is 3. The molecule has 4 aromatic carbocycles. The van der Waals surface area contributed by atoms with Crippen molar-refractivity contribution in [2.24, 2.45) is 0 Å². The number of aliphatic hydroxyl groups is 2. The van der Waals surface area contributed by atoms with E-state index in [1.54, 1.807) is 30.3 Å². The first-order valence-electron chi connectivity index (χ1n) is 15.0. The van der Waals surface area contributed by atoms with Crippen molar-refractivity contribution in [3.8, 4) is 40.1 Å². The summed E-state index contributed by atoms with van der Waals surface area (Å²) in [5.41, 5.74) is 7.46. The number of nitrogens with one attached hydrogen (secondary N) is 1. The minimum absolute atomic E-state index is 0.0514. The van der Waals surface area contributed by atoms with E-state index in [1.165, 1.54) is 0 Å². The predicted molar refractivity (Wildman–Crippen MR) is 177 cm³/mol. The number of carboxylic acids is 1. The lowest BCUT2D eigenvalue weighted by atomic mass is 9.91. The Hall–Kier alpha value is -5.25. The molecule has 0 saturated carbocycles. The van der Waals surface area contributed by atoms with Gasteiger partial charge in [0, 0.05) is 23.7 Å². The van der Waals surface area contributed by atoms with Crippen LogP contribution in [0.2, 0.25) is 5.02 Å². The summed E-state index contributed by atoms with van der Waals surface area (Å²) in [7, 11) is 0. The SMILES string of the molecule is Cc1c(COc2cc(OCc3cccc(C#N)c3)c(CN[C@H](CO)C(=O)O)cc2Cl)cccc1-c1cccc(-c2noc(CO)n2)c1C. The number of aliphatic hydroxyl groups excluding tert-OH is 2. The number of benzene rings is 4. The van der Waals surface area contributed by atoms with Crippen molar-refractivity contribution in [2.75, 3.05) is 6.61 Å². The first-order chi connectivity index (χ1) is 23.2. The maximum absolute atomic E-state index is 11.5. The molecule has 5 aromatic rings. The van der Waals surface area contributed by atoms with Crippen LogP contribution in [0.25, 0.3) is 22.5 Å². The summed E-state index contributed by atoms with van der Waals surface area (Å²) in [6.45, 7) is 3.44. The fourth-order valence-electron chi connectivity index (χ4n) is 5.20. The van der Waals surface area contributed by atoms with E-state index in [9.17, 15) is 25.4 Å². The summed E-state index contributed by atoms with van der Waals surface area (Å²) < 4.78 is 17.5. The summed E-state index contributed by atoms with van der Waals surface area (Å²) in [5, 5.41) is 44.5. The number of hydrogen-bond acceptors (Lipinski definition) is 10. The first-order valence-corrected chi connectivity index (χ1v) is 15.4. The summed E-state index contributed by atoms with van der Waals surface area (Å²) in [5.74, 6) is 0.108. The average molecular weight is 669 g/mol. The Morgan fingerprint density at radius 1 is 0.938 bits per heavy atom. The fourth-order valence-corrected chi connectivity index (χ4v) is 5.44. The lowest BCUT2D eigenvalue weighted by Crippen LogP contribution is -2.39. The standard InChI is InChI=1S/C36H33ClN4O7/c1-21-25(8-4-9-27(21)28-10-5-11-29(22(28)2)35-40-34(18-43)48-41-35)20-47-33-14-32(46-19-24-7-3-6-23(12-24)15-38)26(13-30(33)37)16-39-31(17-42)36(44)45/h3-14,31,39,42-43H,16-20H2,1-2H3,(H,44,45)/t31-/m1/s1. The van der Waals surface area contributed by atoms with Gasteiger partial charge in [0.15, 0.2) is 0 Å².